The highest BCUT2D eigenvalue weighted by atomic mass is 127. The Kier molecular flexibility index (Phi) is 9.46. The fraction of sp³-hybridized carbons (Fsp3) is 0.316. The maximum absolute atomic E-state index is 12.2. The van der Waals surface area contributed by atoms with Gasteiger partial charge in [-0.2, -0.15) is 0 Å². The van der Waals surface area contributed by atoms with Gasteiger partial charge in [-0.1, -0.05) is 36.4 Å². The summed E-state index contributed by atoms with van der Waals surface area (Å²) in [6.45, 7) is 3.43. The molecule has 0 fully saturated rings. The molecule has 0 unspecified atom stereocenters. The molecule has 9 nitrogen and oxygen atoms in total. The van der Waals surface area contributed by atoms with Crippen LogP contribution >= 0.6 is 24.0 Å². The van der Waals surface area contributed by atoms with E-state index in [-0.39, 0.29) is 42.8 Å². The molecule has 2 heterocycles. The summed E-state index contributed by atoms with van der Waals surface area (Å²) in [5.74, 6) is 1.17. The number of pyridine rings is 1. The third-order valence-electron chi connectivity index (χ3n) is 4.11. The molecule has 0 radical (unpaired) electrons. The highest BCUT2D eigenvalue weighted by Gasteiger charge is 2.10. The van der Waals surface area contributed by atoms with E-state index in [4.69, 9.17) is 0 Å². The van der Waals surface area contributed by atoms with Crippen molar-refractivity contribution in [3.63, 3.8) is 0 Å². The van der Waals surface area contributed by atoms with Crippen molar-refractivity contribution in [3.8, 4) is 0 Å². The first kappa shape index (κ1) is 24.0. The van der Waals surface area contributed by atoms with Gasteiger partial charge >= 0.3 is 0 Å². The van der Waals surface area contributed by atoms with Gasteiger partial charge in [-0.25, -0.2) is 18.1 Å². The fourth-order valence-electron chi connectivity index (χ4n) is 2.66. The van der Waals surface area contributed by atoms with Crippen molar-refractivity contribution in [2.45, 2.75) is 20.0 Å². The average Bonchev–Trinajstić information content (AvgIpc) is 3.14. The summed E-state index contributed by atoms with van der Waals surface area (Å²) >= 11 is 0. The number of guanidine groups is 1. The first-order chi connectivity index (χ1) is 14.1. The molecule has 0 aliphatic carbocycles. The van der Waals surface area contributed by atoms with E-state index in [1.54, 1.807) is 0 Å². The topological polar surface area (TPSA) is 113 Å². The van der Waals surface area contributed by atoms with Crippen LogP contribution in [0.4, 0.5) is 0 Å². The molecule has 0 saturated carbocycles. The minimum Gasteiger partial charge on any atom is -0.357 e. The molecule has 0 spiro atoms. The zero-order valence-corrected chi connectivity index (χ0v) is 19.8. The van der Waals surface area contributed by atoms with Crippen LogP contribution < -0.4 is 15.4 Å². The molecule has 3 rings (SSSR count). The molecule has 0 bridgehead atoms. The number of fused-ring (bicyclic) bond motifs is 1. The van der Waals surface area contributed by atoms with Crippen LogP contribution in [0.25, 0.3) is 5.65 Å². The van der Waals surface area contributed by atoms with Crippen LogP contribution in [0.2, 0.25) is 0 Å². The molecular formula is C19H26IN7O2S. The standard InChI is InChI=1S/C19H25N7O2S.HI/c1-2-20-19(22-15-18-25-24-17-10-6-7-12-26(17)18)21-11-13-29(27,28)23-14-16-8-4-3-5-9-16;/h3-10,12,23H,2,11,13-15H2,1H3,(H2,20,21,22);1H. The Hall–Kier alpha value is -2.25. The largest absolute Gasteiger partial charge is 0.357 e. The Morgan fingerprint density at radius 2 is 1.83 bits per heavy atom. The van der Waals surface area contributed by atoms with Crippen molar-refractivity contribution in [3.05, 3.63) is 66.1 Å². The minimum absolute atomic E-state index is 0. The smallest absolute Gasteiger partial charge is 0.213 e. The van der Waals surface area contributed by atoms with Gasteiger partial charge in [0.1, 0.15) is 6.54 Å². The predicted octanol–water partition coefficient (Wildman–Crippen LogP) is 1.52. The molecule has 30 heavy (non-hydrogen) atoms. The summed E-state index contributed by atoms with van der Waals surface area (Å²) in [6, 6.07) is 15.1. The van der Waals surface area contributed by atoms with Crippen molar-refractivity contribution < 1.29 is 8.42 Å². The first-order valence-electron chi connectivity index (χ1n) is 9.39. The monoisotopic (exact) mass is 543 g/mol. The minimum atomic E-state index is -3.40. The summed E-state index contributed by atoms with van der Waals surface area (Å²) < 4.78 is 28.9. The number of aromatic nitrogens is 3. The Morgan fingerprint density at radius 3 is 2.60 bits per heavy atom. The van der Waals surface area contributed by atoms with Gasteiger partial charge in [0.25, 0.3) is 0 Å². The van der Waals surface area contributed by atoms with E-state index < -0.39 is 10.0 Å². The second-order valence-electron chi connectivity index (χ2n) is 6.29. The normalized spacial score (nSPS) is 11.8. The number of sulfonamides is 1. The zero-order valence-electron chi connectivity index (χ0n) is 16.7. The van der Waals surface area contributed by atoms with Crippen LogP contribution in [0.3, 0.4) is 0 Å². The second-order valence-corrected chi connectivity index (χ2v) is 8.22. The Labute approximate surface area is 193 Å². The van der Waals surface area contributed by atoms with Crippen LogP contribution in [0.5, 0.6) is 0 Å². The van der Waals surface area contributed by atoms with E-state index >= 15 is 0 Å². The Bertz CT molecular complexity index is 1050. The van der Waals surface area contributed by atoms with Crippen LogP contribution in [0.15, 0.2) is 59.7 Å². The summed E-state index contributed by atoms with van der Waals surface area (Å²) in [6.07, 6.45) is 1.88. The van der Waals surface area contributed by atoms with Crippen LogP contribution in [-0.2, 0) is 23.1 Å². The molecule has 3 N–H and O–H groups in total. The van der Waals surface area contributed by atoms with Crippen LogP contribution in [-0.4, -0.2) is 47.8 Å². The van der Waals surface area contributed by atoms with Crippen molar-refractivity contribution in [1.29, 1.82) is 0 Å². The molecule has 3 aromatic rings. The third kappa shape index (κ3) is 7.22. The molecule has 0 amide bonds. The van der Waals surface area contributed by atoms with Gasteiger partial charge in [0.05, 0.1) is 5.75 Å². The highest BCUT2D eigenvalue weighted by Crippen LogP contribution is 2.03. The van der Waals surface area contributed by atoms with E-state index in [2.05, 4.69) is 30.5 Å². The highest BCUT2D eigenvalue weighted by molar-refractivity contribution is 14.0. The van der Waals surface area contributed by atoms with Gasteiger partial charge in [-0.15, -0.1) is 34.2 Å². The summed E-state index contributed by atoms with van der Waals surface area (Å²) in [7, 11) is -3.40. The number of nitrogens with zero attached hydrogens (tertiary/aromatic N) is 4. The van der Waals surface area contributed by atoms with Crippen molar-refractivity contribution in [2.75, 3.05) is 18.8 Å². The quantitative estimate of drug-likeness (QED) is 0.214. The molecular weight excluding hydrogens is 517 g/mol. The van der Waals surface area contributed by atoms with Crippen molar-refractivity contribution in [1.82, 2.24) is 30.0 Å². The van der Waals surface area contributed by atoms with Gasteiger partial charge in [0.15, 0.2) is 17.4 Å². The van der Waals surface area contributed by atoms with Crippen molar-refractivity contribution >= 4 is 45.6 Å². The van der Waals surface area contributed by atoms with E-state index in [9.17, 15) is 8.42 Å². The zero-order chi connectivity index (χ0) is 20.5. The average molecular weight is 543 g/mol. The van der Waals surface area contributed by atoms with Gasteiger partial charge in [0, 0.05) is 25.8 Å². The molecule has 1 aromatic carbocycles. The number of hydrogen-bond acceptors (Lipinski definition) is 5. The molecule has 0 saturated heterocycles. The Morgan fingerprint density at radius 1 is 1.07 bits per heavy atom. The second kappa shape index (κ2) is 11.8. The molecule has 0 atom stereocenters. The molecule has 162 valence electrons. The SMILES string of the molecule is CCNC(=NCc1nnc2ccccn12)NCCS(=O)(=O)NCc1ccccc1.I. The van der Waals surface area contributed by atoms with E-state index in [0.717, 1.165) is 11.2 Å². The van der Waals surface area contributed by atoms with Gasteiger partial charge in [0.2, 0.25) is 10.0 Å². The summed E-state index contributed by atoms with van der Waals surface area (Å²) in [4.78, 5) is 4.48. The van der Waals surface area contributed by atoms with Crippen LogP contribution in [0.1, 0.15) is 18.3 Å². The van der Waals surface area contributed by atoms with E-state index in [1.165, 1.54) is 0 Å². The maximum atomic E-state index is 12.2. The fourth-order valence-corrected chi connectivity index (χ4v) is 3.56. The maximum Gasteiger partial charge on any atom is 0.213 e. The lowest BCUT2D eigenvalue weighted by Gasteiger charge is -2.12. The number of nitrogens with one attached hydrogen (secondary N) is 3. The van der Waals surface area contributed by atoms with Gasteiger partial charge < -0.3 is 10.6 Å². The number of benzene rings is 1. The van der Waals surface area contributed by atoms with E-state index in [1.807, 2.05) is 66.1 Å². The van der Waals surface area contributed by atoms with E-state index in [0.29, 0.717) is 24.9 Å². The molecule has 0 aliphatic rings. The summed E-state index contributed by atoms with van der Waals surface area (Å²) in [5.41, 5.74) is 1.67. The lowest BCUT2D eigenvalue weighted by molar-refractivity contribution is 0.580. The molecule has 11 heteroatoms. The number of aliphatic imine (C=N–C) groups is 1. The lowest BCUT2D eigenvalue weighted by Crippen LogP contribution is -2.41. The summed E-state index contributed by atoms with van der Waals surface area (Å²) in [5, 5.41) is 14.4. The van der Waals surface area contributed by atoms with Gasteiger partial charge in [-0.05, 0) is 24.6 Å². The third-order valence-corrected chi connectivity index (χ3v) is 5.44. The Balaban J connectivity index is 0.00000320. The van der Waals surface area contributed by atoms with Crippen molar-refractivity contribution in [2.24, 2.45) is 4.99 Å². The number of rotatable bonds is 9. The number of halogens is 1. The predicted molar refractivity (Wildman–Crippen MR) is 128 cm³/mol. The van der Waals surface area contributed by atoms with Crippen LogP contribution in [0, 0.1) is 0 Å². The molecule has 2 aromatic heterocycles. The van der Waals surface area contributed by atoms with Gasteiger partial charge in [-0.3, -0.25) is 4.40 Å². The number of hydrogen-bond donors (Lipinski definition) is 3. The lowest BCUT2D eigenvalue weighted by atomic mass is 10.2. The molecule has 0 aliphatic heterocycles. The first-order valence-corrected chi connectivity index (χ1v) is 11.0.